The summed E-state index contributed by atoms with van der Waals surface area (Å²) in [4.78, 5) is 25.4. The Morgan fingerprint density at radius 3 is 2.80 bits per heavy atom. The smallest absolute Gasteiger partial charge is 0.303 e. The molecule has 1 aromatic heterocycles. The minimum absolute atomic E-state index is 0.124. The van der Waals surface area contributed by atoms with Crippen molar-refractivity contribution in [3.63, 3.8) is 0 Å². The van der Waals surface area contributed by atoms with Crippen LogP contribution in [0.4, 0.5) is 4.39 Å². The summed E-state index contributed by atoms with van der Waals surface area (Å²) >= 11 is 0. The van der Waals surface area contributed by atoms with E-state index in [9.17, 15) is 14.0 Å². The molecule has 25 heavy (non-hydrogen) atoms. The number of carboxylic acid groups (broad SMARTS) is 1. The maximum Gasteiger partial charge on any atom is 0.303 e. The lowest BCUT2D eigenvalue weighted by atomic mass is 9.93. The SMILES string of the molecule is O=C(O)CCC1CCCN(C(=O)c2cn[nH]c2-c2ccc(F)cc2)C1. The molecular formula is C18H20FN3O3. The van der Waals surface area contributed by atoms with Gasteiger partial charge in [-0.15, -0.1) is 0 Å². The van der Waals surface area contributed by atoms with E-state index in [0.717, 1.165) is 12.8 Å². The number of carboxylic acids is 1. The number of nitrogens with zero attached hydrogens (tertiary/aromatic N) is 2. The lowest BCUT2D eigenvalue weighted by molar-refractivity contribution is -0.137. The van der Waals surface area contributed by atoms with Gasteiger partial charge in [0.1, 0.15) is 5.82 Å². The largest absolute Gasteiger partial charge is 0.481 e. The van der Waals surface area contributed by atoms with Crippen LogP contribution in [0.3, 0.4) is 0 Å². The first kappa shape index (κ1) is 17.1. The third-order valence-corrected chi connectivity index (χ3v) is 4.58. The van der Waals surface area contributed by atoms with Gasteiger partial charge in [0.15, 0.2) is 0 Å². The Labute approximate surface area is 144 Å². The highest BCUT2D eigenvalue weighted by Gasteiger charge is 2.27. The Hall–Kier alpha value is -2.70. The number of H-pyrrole nitrogens is 1. The van der Waals surface area contributed by atoms with Crippen LogP contribution in [0.25, 0.3) is 11.3 Å². The van der Waals surface area contributed by atoms with Crippen LogP contribution in [-0.4, -0.2) is 45.2 Å². The van der Waals surface area contributed by atoms with Gasteiger partial charge < -0.3 is 10.0 Å². The van der Waals surface area contributed by atoms with E-state index >= 15 is 0 Å². The predicted molar refractivity (Wildman–Crippen MR) is 89.5 cm³/mol. The van der Waals surface area contributed by atoms with Crippen LogP contribution < -0.4 is 0 Å². The Bertz CT molecular complexity index is 757. The van der Waals surface area contributed by atoms with E-state index in [1.54, 1.807) is 17.0 Å². The van der Waals surface area contributed by atoms with Crippen molar-refractivity contribution in [1.29, 1.82) is 0 Å². The molecule has 1 aliphatic heterocycles. The number of aromatic amines is 1. The highest BCUT2D eigenvalue weighted by Crippen LogP contribution is 2.26. The van der Waals surface area contributed by atoms with Crippen molar-refractivity contribution >= 4 is 11.9 Å². The molecule has 0 bridgehead atoms. The monoisotopic (exact) mass is 345 g/mol. The first-order valence-corrected chi connectivity index (χ1v) is 8.35. The Morgan fingerprint density at radius 1 is 1.32 bits per heavy atom. The predicted octanol–water partition coefficient (Wildman–Crippen LogP) is 2.93. The van der Waals surface area contributed by atoms with Gasteiger partial charge in [0.2, 0.25) is 0 Å². The fraction of sp³-hybridized carbons (Fsp3) is 0.389. The van der Waals surface area contributed by atoms with E-state index in [2.05, 4.69) is 10.2 Å². The zero-order chi connectivity index (χ0) is 17.8. The highest BCUT2D eigenvalue weighted by atomic mass is 19.1. The number of aliphatic carboxylic acids is 1. The molecule has 1 amide bonds. The number of nitrogens with one attached hydrogen (secondary N) is 1. The maximum absolute atomic E-state index is 13.1. The number of hydrogen-bond acceptors (Lipinski definition) is 3. The van der Waals surface area contributed by atoms with E-state index < -0.39 is 5.97 Å². The van der Waals surface area contributed by atoms with Crippen molar-refractivity contribution in [2.75, 3.05) is 13.1 Å². The van der Waals surface area contributed by atoms with Crippen molar-refractivity contribution < 1.29 is 19.1 Å². The van der Waals surface area contributed by atoms with Gasteiger partial charge in [-0.3, -0.25) is 14.7 Å². The van der Waals surface area contributed by atoms with Crippen molar-refractivity contribution in [3.05, 3.63) is 41.8 Å². The van der Waals surface area contributed by atoms with Gasteiger partial charge in [-0.1, -0.05) is 0 Å². The number of halogens is 1. The first-order chi connectivity index (χ1) is 12.0. The average Bonchev–Trinajstić information content (AvgIpc) is 3.10. The molecule has 0 radical (unpaired) electrons. The van der Waals surface area contributed by atoms with Crippen molar-refractivity contribution in [2.24, 2.45) is 5.92 Å². The van der Waals surface area contributed by atoms with Crippen LogP contribution in [0.5, 0.6) is 0 Å². The number of benzene rings is 1. The van der Waals surface area contributed by atoms with Gasteiger partial charge in [-0.2, -0.15) is 5.10 Å². The van der Waals surface area contributed by atoms with Gasteiger partial charge in [-0.05, 0) is 49.4 Å². The molecule has 2 aromatic rings. The molecule has 7 heteroatoms. The molecule has 1 saturated heterocycles. The minimum Gasteiger partial charge on any atom is -0.481 e. The number of rotatable bonds is 5. The van der Waals surface area contributed by atoms with E-state index in [0.29, 0.717) is 36.3 Å². The van der Waals surface area contributed by atoms with Gasteiger partial charge in [0, 0.05) is 25.1 Å². The summed E-state index contributed by atoms with van der Waals surface area (Å²) in [5.41, 5.74) is 1.71. The molecule has 0 spiro atoms. The number of likely N-dealkylation sites (tertiary alicyclic amines) is 1. The van der Waals surface area contributed by atoms with Crippen LogP contribution >= 0.6 is 0 Å². The minimum atomic E-state index is -0.808. The fourth-order valence-electron chi connectivity index (χ4n) is 3.27. The number of amides is 1. The molecule has 1 atom stereocenters. The van der Waals surface area contributed by atoms with Crippen molar-refractivity contribution in [3.8, 4) is 11.3 Å². The summed E-state index contributed by atoms with van der Waals surface area (Å²) in [5.74, 6) is -1.08. The van der Waals surface area contributed by atoms with Crippen molar-refractivity contribution in [2.45, 2.75) is 25.7 Å². The molecule has 132 valence electrons. The van der Waals surface area contributed by atoms with E-state index in [-0.39, 0.29) is 24.1 Å². The van der Waals surface area contributed by atoms with Gasteiger partial charge in [0.25, 0.3) is 5.91 Å². The summed E-state index contributed by atoms with van der Waals surface area (Å²) in [5, 5.41) is 15.6. The van der Waals surface area contributed by atoms with Crippen LogP contribution in [0, 0.1) is 11.7 Å². The first-order valence-electron chi connectivity index (χ1n) is 8.35. The average molecular weight is 345 g/mol. The summed E-state index contributed by atoms with van der Waals surface area (Å²) in [7, 11) is 0. The summed E-state index contributed by atoms with van der Waals surface area (Å²) in [6.07, 6.45) is 3.99. The van der Waals surface area contributed by atoms with Crippen LogP contribution in [0.15, 0.2) is 30.5 Å². The van der Waals surface area contributed by atoms with E-state index in [1.165, 1.54) is 18.3 Å². The topological polar surface area (TPSA) is 86.3 Å². The lowest BCUT2D eigenvalue weighted by Gasteiger charge is -2.32. The summed E-state index contributed by atoms with van der Waals surface area (Å²) < 4.78 is 13.1. The second-order valence-electron chi connectivity index (χ2n) is 6.36. The van der Waals surface area contributed by atoms with Gasteiger partial charge >= 0.3 is 5.97 Å². The number of carbonyl (C=O) groups is 2. The van der Waals surface area contributed by atoms with Crippen LogP contribution in [0.2, 0.25) is 0 Å². The summed E-state index contributed by atoms with van der Waals surface area (Å²) in [6, 6.07) is 5.89. The molecule has 1 aromatic carbocycles. The highest BCUT2D eigenvalue weighted by molar-refractivity contribution is 5.99. The lowest BCUT2D eigenvalue weighted by Crippen LogP contribution is -2.40. The van der Waals surface area contributed by atoms with Crippen molar-refractivity contribution in [1.82, 2.24) is 15.1 Å². The second-order valence-corrected chi connectivity index (χ2v) is 6.36. The molecular weight excluding hydrogens is 325 g/mol. The summed E-state index contributed by atoms with van der Waals surface area (Å²) in [6.45, 7) is 1.20. The zero-order valence-corrected chi connectivity index (χ0v) is 13.7. The molecule has 3 rings (SSSR count). The van der Waals surface area contributed by atoms with Crippen LogP contribution in [0.1, 0.15) is 36.0 Å². The molecule has 0 aliphatic carbocycles. The Balaban J connectivity index is 1.74. The molecule has 2 N–H and O–H groups in total. The molecule has 0 saturated carbocycles. The fourth-order valence-corrected chi connectivity index (χ4v) is 3.27. The standard InChI is InChI=1S/C18H20FN3O3/c19-14-6-4-13(5-7-14)17-15(10-20-21-17)18(25)22-9-1-2-12(11-22)3-8-16(23)24/h4-7,10,12H,1-3,8-9,11H2,(H,20,21)(H,23,24). The Kier molecular flexibility index (Phi) is 5.11. The van der Waals surface area contributed by atoms with Crippen LogP contribution in [-0.2, 0) is 4.79 Å². The molecule has 6 nitrogen and oxygen atoms in total. The molecule has 1 fully saturated rings. The quantitative estimate of drug-likeness (QED) is 0.872. The number of piperidine rings is 1. The third kappa shape index (κ3) is 4.04. The number of aromatic nitrogens is 2. The normalized spacial score (nSPS) is 17.5. The van der Waals surface area contributed by atoms with Gasteiger partial charge in [-0.25, -0.2) is 4.39 Å². The zero-order valence-electron chi connectivity index (χ0n) is 13.7. The Morgan fingerprint density at radius 2 is 2.08 bits per heavy atom. The molecule has 1 unspecified atom stereocenters. The third-order valence-electron chi connectivity index (χ3n) is 4.58. The van der Waals surface area contributed by atoms with Gasteiger partial charge in [0.05, 0.1) is 17.5 Å². The van der Waals surface area contributed by atoms with E-state index in [4.69, 9.17) is 5.11 Å². The maximum atomic E-state index is 13.1. The molecule has 2 heterocycles. The molecule has 1 aliphatic rings. The number of hydrogen-bond donors (Lipinski definition) is 2. The number of carbonyl (C=O) groups excluding carboxylic acids is 1. The second kappa shape index (κ2) is 7.46. The van der Waals surface area contributed by atoms with E-state index in [1.807, 2.05) is 0 Å².